The van der Waals surface area contributed by atoms with E-state index in [1.54, 1.807) is 7.11 Å². The van der Waals surface area contributed by atoms with Crippen molar-refractivity contribution in [1.82, 2.24) is 9.88 Å². The number of methoxy groups -OCH3 is 1. The first kappa shape index (κ1) is 23.5. The molecule has 2 heterocycles. The average molecular weight is 448 g/mol. The smallest absolute Gasteiger partial charge is 0.227 e. The van der Waals surface area contributed by atoms with Crippen LogP contribution in [0.1, 0.15) is 44.6 Å². The van der Waals surface area contributed by atoms with Gasteiger partial charge in [-0.1, -0.05) is 49.7 Å². The van der Waals surface area contributed by atoms with Crippen molar-refractivity contribution in [3.8, 4) is 0 Å². The summed E-state index contributed by atoms with van der Waals surface area (Å²) in [6, 6.07) is 18.7. The molecule has 0 radical (unpaired) electrons. The van der Waals surface area contributed by atoms with Gasteiger partial charge in [0.05, 0.1) is 12.1 Å². The van der Waals surface area contributed by atoms with Gasteiger partial charge in [0.1, 0.15) is 0 Å². The number of carbonyl (C=O) groups excluding carboxylic acids is 1. The minimum absolute atomic E-state index is 0.215. The van der Waals surface area contributed by atoms with Crippen LogP contribution in [0.4, 0.5) is 5.69 Å². The molecule has 5 heteroatoms. The number of hydrogen-bond donors (Lipinski definition) is 1. The Labute approximate surface area is 197 Å². The Bertz CT molecular complexity index is 1020. The number of carbonyl (C=O) groups is 1. The number of nitrogens with one attached hydrogen (secondary N) is 1. The minimum Gasteiger partial charge on any atom is -0.382 e. The van der Waals surface area contributed by atoms with E-state index in [-0.39, 0.29) is 11.4 Å². The molecule has 0 spiro atoms. The summed E-state index contributed by atoms with van der Waals surface area (Å²) in [5.41, 5.74) is 3.27. The van der Waals surface area contributed by atoms with E-state index in [4.69, 9.17) is 4.74 Å². The maximum Gasteiger partial charge on any atom is 0.227 e. The van der Waals surface area contributed by atoms with Crippen LogP contribution in [0.5, 0.6) is 0 Å². The average Bonchev–Trinajstić information content (AvgIpc) is 3.26. The Morgan fingerprint density at radius 2 is 1.82 bits per heavy atom. The Morgan fingerprint density at radius 3 is 2.55 bits per heavy atom. The molecule has 2 aromatic carbocycles. The van der Waals surface area contributed by atoms with Crippen LogP contribution in [0.2, 0.25) is 0 Å². The SMILES string of the molecule is CCCCC(=O)N(c1ccccc1)C1(COC)CCN(CCc2c[nH]c3ccccc23)CC1. The Balaban J connectivity index is 1.47. The lowest BCUT2D eigenvalue weighted by atomic mass is 9.85. The molecule has 1 amide bonds. The van der Waals surface area contributed by atoms with Gasteiger partial charge in [0.2, 0.25) is 5.91 Å². The largest absolute Gasteiger partial charge is 0.382 e. The highest BCUT2D eigenvalue weighted by molar-refractivity contribution is 5.95. The lowest BCUT2D eigenvalue weighted by Gasteiger charge is -2.48. The third-order valence-electron chi connectivity index (χ3n) is 7.05. The Hall–Kier alpha value is -2.63. The summed E-state index contributed by atoms with van der Waals surface area (Å²) in [5, 5.41) is 1.32. The molecule has 33 heavy (non-hydrogen) atoms. The molecule has 4 rings (SSSR count). The van der Waals surface area contributed by atoms with E-state index in [0.29, 0.717) is 13.0 Å². The molecule has 5 nitrogen and oxygen atoms in total. The van der Waals surface area contributed by atoms with Crippen molar-refractivity contribution in [1.29, 1.82) is 0 Å². The number of para-hydroxylation sites is 2. The minimum atomic E-state index is -0.293. The van der Waals surface area contributed by atoms with Crippen LogP contribution in [0.15, 0.2) is 60.8 Å². The molecule has 1 aliphatic rings. The van der Waals surface area contributed by atoms with Gasteiger partial charge in [0.25, 0.3) is 0 Å². The number of aromatic amines is 1. The van der Waals surface area contributed by atoms with E-state index in [0.717, 1.165) is 57.4 Å². The third-order valence-corrected chi connectivity index (χ3v) is 7.05. The second-order valence-corrected chi connectivity index (χ2v) is 9.28. The van der Waals surface area contributed by atoms with Crippen LogP contribution in [0.25, 0.3) is 10.9 Å². The van der Waals surface area contributed by atoms with Crippen LogP contribution < -0.4 is 4.90 Å². The molecule has 0 saturated carbocycles. The molecule has 1 aromatic heterocycles. The summed E-state index contributed by atoms with van der Waals surface area (Å²) < 4.78 is 5.73. The number of H-pyrrole nitrogens is 1. The fourth-order valence-electron chi connectivity index (χ4n) is 5.21. The number of piperidine rings is 1. The Kier molecular flexibility index (Phi) is 7.84. The second-order valence-electron chi connectivity index (χ2n) is 9.28. The standard InChI is InChI=1S/C28H37N3O2/c1-3-4-14-27(32)31(24-10-6-5-7-11-24)28(22-33-2)16-19-30(20-17-28)18-15-23-21-29-26-13-9-8-12-25(23)26/h5-13,21,29H,3-4,14-20,22H2,1-2H3. The number of ether oxygens (including phenoxy) is 1. The summed E-state index contributed by atoms with van der Waals surface area (Å²) in [6.07, 6.45) is 7.53. The van der Waals surface area contributed by atoms with E-state index in [1.807, 2.05) is 18.2 Å². The summed E-state index contributed by atoms with van der Waals surface area (Å²) >= 11 is 0. The summed E-state index contributed by atoms with van der Waals surface area (Å²) in [6.45, 7) is 5.67. The monoisotopic (exact) mass is 447 g/mol. The fraction of sp³-hybridized carbons (Fsp3) is 0.464. The molecule has 1 fully saturated rings. The predicted octanol–water partition coefficient (Wildman–Crippen LogP) is 5.41. The van der Waals surface area contributed by atoms with Gasteiger partial charge in [0.15, 0.2) is 0 Å². The van der Waals surface area contributed by atoms with Crippen LogP contribution in [0.3, 0.4) is 0 Å². The molecule has 1 aliphatic heterocycles. The highest BCUT2D eigenvalue weighted by Crippen LogP contribution is 2.35. The predicted molar refractivity (Wildman–Crippen MR) is 136 cm³/mol. The number of nitrogens with zero attached hydrogens (tertiary/aromatic N) is 2. The van der Waals surface area contributed by atoms with E-state index >= 15 is 0 Å². The summed E-state index contributed by atoms with van der Waals surface area (Å²) in [7, 11) is 1.75. The van der Waals surface area contributed by atoms with Crippen LogP contribution in [-0.4, -0.2) is 54.7 Å². The van der Waals surface area contributed by atoms with E-state index < -0.39 is 0 Å². The molecule has 0 atom stereocenters. The second kappa shape index (κ2) is 11.0. The number of unbranched alkanes of at least 4 members (excludes halogenated alkanes) is 1. The molecular formula is C28H37N3O2. The van der Waals surface area contributed by atoms with Crippen molar-refractivity contribution in [3.63, 3.8) is 0 Å². The number of hydrogen-bond acceptors (Lipinski definition) is 3. The quantitative estimate of drug-likeness (QED) is 0.452. The van der Waals surface area contributed by atoms with Gasteiger partial charge >= 0.3 is 0 Å². The molecule has 1 N–H and O–H groups in total. The lowest BCUT2D eigenvalue weighted by molar-refractivity contribution is -0.121. The summed E-state index contributed by atoms with van der Waals surface area (Å²) in [4.78, 5) is 21.4. The van der Waals surface area contributed by atoms with E-state index in [9.17, 15) is 4.79 Å². The number of benzene rings is 2. The molecule has 176 valence electrons. The number of amides is 1. The van der Waals surface area contributed by atoms with Gasteiger partial charge < -0.3 is 19.5 Å². The van der Waals surface area contributed by atoms with Gasteiger partial charge in [-0.05, 0) is 49.4 Å². The highest BCUT2D eigenvalue weighted by atomic mass is 16.5. The number of aromatic nitrogens is 1. The number of rotatable bonds is 10. The zero-order valence-corrected chi connectivity index (χ0v) is 20.1. The van der Waals surface area contributed by atoms with Crippen LogP contribution in [-0.2, 0) is 16.0 Å². The first-order chi connectivity index (χ1) is 16.2. The zero-order valence-electron chi connectivity index (χ0n) is 20.1. The van der Waals surface area contributed by atoms with Crippen molar-refractivity contribution in [2.45, 2.75) is 51.0 Å². The topological polar surface area (TPSA) is 48.6 Å². The van der Waals surface area contributed by atoms with Crippen molar-refractivity contribution >= 4 is 22.5 Å². The van der Waals surface area contributed by atoms with Gasteiger partial charge in [-0.3, -0.25) is 4.79 Å². The normalized spacial score (nSPS) is 16.2. The molecule has 0 aliphatic carbocycles. The zero-order chi connectivity index (χ0) is 23.1. The Morgan fingerprint density at radius 1 is 1.09 bits per heavy atom. The van der Waals surface area contributed by atoms with Crippen molar-refractivity contribution in [2.24, 2.45) is 0 Å². The lowest BCUT2D eigenvalue weighted by Crippen LogP contribution is -2.60. The van der Waals surface area contributed by atoms with Gasteiger partial charge in [-0.25, -0.2) is 0 Å². The molecular weight excluding hydrogens is 410 g/mol. The van der Waals surface area contributed by atoms with Crippen molar-refractivity contribution in [3.05, 3.63) is 66.4 Å². The molecule has 0 bridgehead atoms. The molecule has 1 saturated heterocycles. The van der Waals surface area contributed by atoms with Crippen LogP contribution in [0, 0.1) is 0 Å². The molecule has 3 aromatic rings. The first-order valence-corrected chi connectivity index (χ1v) is 12.3. The fourth-order valence-corrected chi connectivity index (χ4v) is 5.21. The number of fused-ring (bicyclic) bond motifs is 1. The maximum absolute atomic E-state index is 13.4. The van der Waals surface area contributed by atoms with Crippen molar-refractivity contribution in [2.75, 3.05) is 38.3 Å². The maximum atomic E-state index is 13.4. The summed E-state index contributed by atoms with van der Waals surface area (Å²) in [5.74, 6) is 0.215. The number of anilines is 1. The van der Waals surface area contributed by atoms with Gasteiger partial charge in [-0.2, -0.15) is 0 Å². The molecule has 0 unspecified atom stereocenters. The highest BCUT2D eigenvalue weighted by Gasteiger charge is 2.43. The van der Waals surface area contributed by atoms with Gasteiger partial charge in [-0.15, -0.1) is 0 Å². The van der Waals surface area contributed by atoms with E-state index in [1.165, 1.54) is 16.5 Å². The third kappa shape index (κ3) is 5.31. The van der Waals surface area contributed by atoms with E-state index in [2.05, 4.69) is 64.3 Å². The first-order valence-electron chi connectivity index (χ1n) is 12.3. The van der Waals surface area contributed by atoms with Crippen molar-refractivity contribution < 1.29 is 9.53 Å². The van der Waals surface area contributed by atoms with Gasteiger partial charge in [0, 0.05) is 56.0 Å². The van der Waals surface area contributed by atoms with Crippen LogP contribution >= 0.6 is 0 Å². The number of likely N-dealkylation sites (tertiary alicyclic amines) is 1.